The number of benzene rings is 2. The highest BCUT2D eigenvalue weighted by atomic mass is 19.1. The van der Waals surface area contributed by atoms with Gasteiger partial charge >= 0.3 is 18.0 Å². The van der Waals surface area contributed by atoms with E-state index in [2.05, 4.69) is 10.3 Å². The first-order valence-electron chi connectivity index (χ1n) is 11.4. The number of nitrogens with zero attached hydrogens (tertiary/aromatic N) is 1. The first kappa shape index (κ1) is 27.7. The van der Waals surface area contributed by atoms with Crippen molar-refractivity contribution in [2.75, 3.05) is 11.1 Å². The summed E-state index contributed by atoms with van der Waals surface area (Å²) < 4.78 is 19.5. The number of carboxylic acids is 2. The number of nitrogen functional groups attached to an aromatic ring is 1. The van der Waals surface area contributed by atoms with Gasteiger partial charge in [-0.3, -0.25) is 14.6 Å². The fourth-order valence-corrected chi connectivity index (χ4v) is 4.02. The molecule has 0 saturated carbocycles. The Morgan fingerprint density at radius 3 is 2.37 bits per heavy atom. The summed E-state index contributed by atoms with van der Waals surface area (Å²) in [5.41, 5.74) is 8.61. The van der Waals surface area contributed by atoms with Crippen LogP contribution < -0.4 is 21.5 Å². The quantitative estimate of drug-likeness (QED) is 0.231. The number of amides is 2. The normalized spacial score (nSPS) is 19.9. The molecule has 4 rings (SSSR count). The van der Waals surface area contributed by atoms with Gasteiger partial charge in [-0.15, -0.1) is 0 Å². The van der Waals surface area contributed by atoms with Crippen molar-refractivity contribution >= 4 is 29.3 Å². The molecule has 38 heavy (non-hydrogen) atoms. The molecule has 2 unspecified atom stereocenters. The summed E-state index contributed by atoms with van der Waals surface area (Å²) >= 11 is 0. The molecule has 0 saturated heterocycles. The van der Waals surface area contributed by atoms with E-state index >= 15 is 0 Å². The van der Waals surface area contributed by atoms with Crippen molar-refractivity contribution in [3.05, 3.63) is 90.5 Å². The molecule has 10 nitrogen and oxygen atoms in total. The number of halogens is 1. The second-order valence-electron chi connectivity index (χ2n) is 8.92. The number of anilines is 2. The molecule has 3 aromatic rings. The third-order valence-corrected chi connectivity index (χ3v) is 5.97. The predicted octanol–water partition coefficient (Wildman–Crippen LogP) is 4.54. The Bertz CT molecular complexity index is 1370. The predicted molar refractivity (Wildman–Crippen MR) is 138 cm³/mol. The molecule has 7 N–H and O–H groups in total. The number of carboxylic acid groups (broad SMARTS) is 2. The van der Waals surface area contributed by atoms with E-state index in [0.29, 0.717) is 0 Å². The van der Waals surface area contributed by atoms with Gasteiger partial charge in [-0.25, -0.2) is 9.18 Å². The molecular weight excluding hydrogens is 495 g/mol. The van der Waals surface area contributed by atoms with Gasteiger partial charge in [-0.2, -0.15) is 0 Å². The van der Waals surface area contributed by atoms with Gasteiger partial charge < -0.3 is 31.7 Å². The van der Waals surface area contributed by atoms with E-state index in [0.717, 1.165) is 11.8 Å². The number of allylic oxidation sites excluding steroid dienone is 1. The summed E-state index contributed by atoms with van der Waals surface area (Å²) in [5, 5.41) is 21.9. The van der Waals surface area contributed by atoms with E-state index in [1.165, 1.54) is 43.5 Å². The molecule has 1 heterocycles. The van der Waals surface area contributed by atoms with Crippen molar-refractivity contribution in [2.45, 2.75) is 25.2 Å². The van der Waals surface area contributed by atoms with Crippen molar-refractivity contribution in [3.63, 3.8) is 0 Å². The number of hydrogen-bond donors (Lipinski definition) is 5. The van der Waals surface area contributed by atoms with Crippen molar-refractivity contribution in [1.29, 1.82) is 0 Å². The summed E-state index contributed by atoms with van der Waals surface area (Å²) in [5.74, 6) is -2.86. The summed E-state index contributed by atoms with van der Waals surface area (Å²) in [6.45, 7) is 1.47. The Morgan fingerprint density at radius 2 is 1.76 bits per heavy atom. The maximum atomic E-state index is 14.0. The van der Waals surface area contributed by atoms with Crippen LogP contribution in [0.2, 0.25) is 0 Å². The largest absolute Gasteiger partial charge is 0.481 e. The van der Waals surface area contributed by atoms with Crippen LogP contribution in [-0.4, -0.2) is 33.2 Å². The molecule has 0 bridgehead atoms. The number of nitrogens with two attached hydrogens (primary N) is 2. The minimum absolute atomic E-state index is 0.0744. The number of primary amides is 1. The smallest absolute Gasteiger partial charge is 0.316 e. The van der Waals surface area contributed by atoms with Crippen LogP contribution in [0.4, 0.5) is 20.6 Å². The first-order chi connectivity index (χ1) is 17.9. The number of rotatable bonds is 6. The number of carbonyl (C=O) groups excluding carboxylic acids is 1. The molecule has 1 aromatic heterocycles. The van der Waals surface area contributed by atoms with Crippen LogP contribution in [0.1, 0.15) is 25.5 Å². The first-order valence-corrected chi connectivity index (χ1v) is 11.4. The van der Waals surface area contributed by atoms with Crippen molar-refractivity contribution in [3.8, 4) is 11.5 Å². The highest BCUT2D eigenvalue weighted by molar-refractivity contribution is 5.87. The number of aromatic nitrogens is 1. The molecule has 0 fully saturated rings. The topological polar surface area (TPSA) is 178 Å². The standard InChI is InChI=1S/C20H19FN2O5.C7H8N2O/c1-19(17(24)25)6-2-7-20(11-19,18(26)27)16-10-13(5-8-23-16)28-15-4-3-12(22)9-14(15)21;8-7(10)9-6-4-2-1-3-5-6/h2-6,8-10H,7,11,22H2,1H3,(H,24,25)(H,26,27);1-5H,(H3,8,9,10). The Labute approximate surface area is 217 Å². The zero-order valence-corrected chi connectivity index (χ0v) is 20.4. The van der Waals surface area contributed by atoms with Gasteiger partial charge in [0.1, 0.15) is 11.2 Å². The van der Waals surface area contributed by atoms with E-state index in [4.69, 9.17) is 16.2 Å². The van der Waals surface area contributed by atoms with Gasteiger partial charge in [0.05, 0.1) is 11.1 Å². The van der Waals surface area contributed by atoms with E-state index < -0.39 is 34.6 Å². The summed E-state index contributed by atoms with van der Waals surface area (Å²) in [4.78, 5) is 38.3. The van der Waals surface area contributed by atoms with E-state index in [-0.39, 0.29) is 35.7 Å². The zero-order valence-electron chi connectivity index (χ0n) is 20.4. The Hall–Kier alpha value is -4.93. The molecule has 2 amide bonds. The fourth-order valence-electron chi connectivity index (χ4n) is 4.02. The lowest BCUT2D eigenvalue weighted by Gasteiger charge is -2.37. The van der Waals surface area contributed by atoms with E-state index in [1.807, 2.05) is 18.2 Å². The molecule has 1 aliphatic rings. The number of pyridine rings is 1. The van der Waals surface area contributed by atoms with Crippen molar-refractivity contribution in [2.24, 2.45) is 11.1 Å². The monoisotopic (exact) mass is 522 g/mol. The number of para-hydroxylation sites is 1. The molecule has 0 spiro atoms. The van der Waals surface area contributed by atoms with Gasteiger partial charge in [-0.1, -0.05) is 30.4 Å². The Kier molecular flexibility index (Phi) is 8.31. The minimum Gasteiger partial charge on any atom is -0.481 e. The van der Waals surface area contributed by atoms with Crippen LogP contribution in [-0.2, 0) is 15.0 Å². The van der Waals surface area contributed by atoms with Gasteiger partial charge in [0.15, 0.2) is 11.6 Å². The average molecular weight is 523 g/mol. The highest BCUT2D eigenvalue weighted by Gasteiger charge is 2.50. The molecule has 0 radical (unpaired) electrons. The fraction of sp³-hybridized carbons (Fsp3) is 0.185. The van der Waals surface area contributed by atoms with Gasteiger partial charge in [0.2, 0.25) is 0 Å². The molecule has 1 aliphatic carbocycles. The zero-order chi connectivity index (χ0) is 27.9. The van der Waals surface area contributed by atoms with Crippen molar-refractivity contribution < 1.29 is 33.7 Å². The molecule has 2 aromatic carbocycles. The highest BCUT2D eigenvalue weighted by Crippen LogP contribution is 2.45. The summed E-state index contributed by atoms with van der Waals surface area (Å²) in [7, 11) is 0. The van der Waals surface area contributed by atoms with Crippen LogP contribution in [0, 0.1) is 11.2 Å². The van der Waals surface area contributed by atoms with Crippen LogP contribution >= 0.6 is 0 Å². The maximum Gasteiger partial charge on any atom is 0.316 e. The maximum absolute atomic E-state index is 14.0. The number of nitrogens with one attached hydrogen (secondary N) is 1. The van der Waals surface area contributed by atoms with Gasteiger partial charge in [0.25, 0.3) is 0 Å². The lowest BCUT2D eigenvalue weighted by atomic mass is 9.64. The molecule has 11 heteroatoms. The second kappa shape index (κ2) is 11.4. The summed E-state index contributed by atoms with van der Waals surface area (Å²) in [6.07, 6.45) is 4.30. The van der Waals surface area contributed by atoms with E-state index in [1.54, 1.807) is 18.2 Å². The molecule has 198 valence electrons. The lowest BCUT2D eigenvalue weighted by Crippen LogP contribution is -2.45. The van der Waals surface area contributed by atoms with Crippen LogP contribution in [0.3, 0.4) is 0 Å². The number of aliphatic carboxylic acids is 2. The van der Waals surface area contributed by atoms with Crippen LogP contribution in [0.15, 0.2) is 79.0 Å². The third-order valence-electron chi connectivity index (χ3n) is 5.97. The number of hydrogen-bond acceptors (Lipinski definition) is 6. The lowest BCUT2D eigenvalue weighted by molar-refractivity contribution is -0.151. The third kappa shape index (κ3) is 6.44. The SMILES string of the molecule is CC1(C(=O)O)C=CCC(C(=O)O)(c2cc(Oc3ccc(N)cc3F)ccn2)C1.NC(=O)Nc1ccccc1. The number of ether oxygens (including phenoxy) is 1. The average Bonchev–Trinajstić information content (AvgIpc) is 2.86. The number of carbonyl (C=O) groups is 3. The molecular formula is C27H27FN4O6. The summed E-state index contributed by atoms with van der Waals surface area (Å²) in [6, 6.07) is 15.3. The van der Waals surface area contributed by atoms with Gasteiger partial charge in [0, 0.05) is 29.7 Å². The van der Waals surface area contributed by atoms with Crippen LogP contribution in [0.5, 0.6) is 11.5 Å². The van der Waals surface area contributed by atoms with E-state index in [9.17, 15) is 29.0 Å². The molecule has 0 aliphatic heterocycles. The van der Waals surface area contributed by atoms with Crippen LogP contribution in [0.25, 0.3) is 0 Å². The molecule has 2 atom stereocenters. The number of urea groups is 1. The van der Waals surface area contributed by atoms with Crippen molar-refractivity contribution in [1.82, 2.24) is 4.98 Å². The Balaban J connectivity index is 0.000000336. The second-order valence-corrected chi connectivity index (χ2v) is 8.92. The Morgan fingerprint density at radius 1 is 1.05 bits per heavy atom. The van der Waals surface area contributed by atoms with Gasteiger partial charge in [-0.05, 0) is 50.1 Å². The minimum atomic E-state index is -1.54.